The Morgan fingerprint density at radius 3 is 2.75 bits per heavy atom. The van der Waals surface area contributed by atoms with Crippen molar-refractivity contribution in [3.8, 4) is 0 Å². The molecule has 1 aliphatic rings. The first kappa shape index (κ1) is 5.61. The SMILES string of the molecule is [CH]1/C=C\CC/C=C\C1. The molecule has 0 nitrogen and oxygen atoms in total. The fraction of sp³-hybridized carbons (Fsp3) is 0.375. The third-order valence-electron chi connectivity index (χ3n) is 1.21. The Balaban J connectivity index is 2.29. The number of hydrogen-bond acceptors (Lipinski definition) is 0. The lowest BCUT2D eigenvalue weighted by Gasteiger charge is -1.92. The van der Waals surface area contributed by atoms with Crippen molar-refractivity contribution in [1.29, 1.82) is 0 Å². The fourth-order valence-electron chi connectivity index (χ4n) is 0.756. The molecule has 0 saturated heterocycles. The standard InChI is InChI=1S/C8H11/c1-2-4-6-8-7-5-3-1/h1-3,6,8H,4-5,7H2/b3-1-,8-6-. The molecule has 1 aliphatic carbocycles. The quantitative estimate of drug-likeness (QED) is 0.417. The van der Waals surface area contributed by atoms with Gasteiger partial charge in [0.1, 0.15) is 0 Å². The van der Waals surface area contributed by atoms with E-state index in [0.717, 1.165) is 6.42 Å². The highest BCUT2D eigenvalue weighted by Gasteiger charge is 1.82. The van der Waals surface area contributed by atoms with Crippen LogP contribution in [0.3, 0.4) is 0 Å². The van der Waals surface area contributed by atoms with Crippen molar-refractivity contribution < 1.29 is 0 Å². The summed E-state index contributed by atoms with van der Waals surface area (Å²) in [5.74, 6) is 0. The molecule has 0 aliphatic heterocycles. The Kier molecular flexibility index (Phi) is 2.44. The van der Waals surface area contributed by atoms with E-state index in [1.807, 2.05) is 0 Å². The first-order valence-corrected chi connectivity index (χ1v) is 3.13. The number of hydrogen-bond donors (Lipinski definition) is 0. The molecule has 0 saturated carbocycles. The zero-order valence-corrected chi connectivity index (χ0v) is 5.01. The molecule has 0 heterocycles. The van der Waals surface area contributed by atoms with Gasteiger partial charge < -0.3 is 0 Å². The van der Waals surface area contributed by atoms with Gasteiger partial charge >= 0.3 is 0 Å². The Morgan fingerprint density at radius 1 is 0.875 bits per heavy atom. The smallest absolute Gasteiger partial charge is 0.0133 e. The van der Waals surface area contributed by atoms with E-state index in [-0.39, 0.29) is 0 Å². The summed E-state index contributed by atoms with van der Waals surface area (Å²) in [4.78, 5) is 0. The molecule has 1 rings (SSSR count). The van der Waals surface area contributed by atoms with Gasteiger partial charge in [0.25, 0.3) is 0 Å². The van der Waals surface area contributed by atoms with Crippen LogP contribution in [0, 0.1) is 6.42 Å². The molecule has 0 aromatic heterocycles. The lowest BCUT2D eigenvalue weighted by atomic mass is 10.1. The molecule has 0 amide bonds. The van der Waals surface area contributed by atoms with Crippen molar-refractivity contribution in [2.24, 2.45) is 0 Å². The summed E-state index contributed by atoms with van der Waals surface area (Å²) < 4.78 is 0. The molecule has 0 atom stereocenters. The predicted octanol–water partition coefficient (Wildman–Crippen LogP) is 2.49. The zero-order chi connectivity index (χ0) is 5.66. The summed E-state index contributed by atoms with van der Waals surface area (Å²) in [7, 11) is 0. The average Bonchev–Trinajstić information content (AvgIpc) is 1.62. The fourth-order valence-corrected chi connectivity index (χ4v) is 0.756. The second-order valence-electron chi connectivity index (χ2n) is 1.95. The average molecular weight is 107 g/mol. The van der Waals surface area contributed by atoms with Gasteiger partial charge in [0, 0.05) is 0 Å². The third-order valence-corrected chi connectivity index (χ3v) is 1.21. The molecule has 0 unspecified atom stereocenters. The van der Waals surface area contributed by atoms with Crippen molar-refractivity contribution in [1.82, 2.24) is 0 Å². The van der Waals surface area contributed by atoms with Crippen LogP contribution in [0.1, 0.15) is 19.3 Å². The summed E-state index contributed by atoms with van der Waals surface area (Å²) in [5, 5.41) is 0. The molecule has 1 radical (unpaired) electrons. The minimum absolute atomic E-state index is 1.11. The van der Waals surface area contributed by atoms with Crippen LogP contribution in [-0.4, -0.2) is 0 Å². The van der Waals surface area contributed by atoms with Crippen LogP contribution in [0.25, 0.3) is 0 Å². The Hall–Kier alpha value is -0.520. The van der Waals surface area contributed by atoms with E-state index in [2.05, 4.69) is 30.7 Å². The maximum Gasteiger partial charge on any atom is -0.0133 e. The normalized spacial score (nSPS) is 28.0. The first-order valence-electron chi connectivity index (χ1n) is 3.13. The highest BCUT2D eigenvalue weighted by Crippen LogP contribution is 2.01. The van der Waals surface area contributed by atoms with E-state index in [1.165, 1.54) is 12.8 Å². The minimum Gasteiger partial charge on any atom is -0.0882 e. The Morgan fingerprint density at radius 2 is 1.75 bits per heavy atom. The van der Waals surface area contributed by atoms with Crippen LogP contribution in [0.15, 0.2) is 24.3 Å². The third kappa shape index (κ3) is 1.97. The highest BCUT2D eigenvalue weighted by molar-refractivity contribution is 5.03. The highest BCUT2D eigenvalue weighted by atomic mass is 13.9. The maximum absolute atomic E-state index is 2.24. The van der Waals surface area contributed by atoms with Crippen molar-refractivity contribution in [2.45, 2.75) is 19.3 Å². The minimum atomic E-state index is 1.11. The molecule has 0 heteroatoms. The molecular formula is C8H11. The number of rotatable bonds is 0. The first-order chi connectivity index (χ1) is 4.00. The summed E-state index contributed by atoms with van der Waals surface area (Å²) in [6.07, 6.45) is 14.5. The Labute approximate surface area is 50.9 Å². The zero-order valence-electron chi connectivity index (χ0n) is 5.01. The number of allylic oxidation sites excluding steroid dienone is 4. The van der Waals surface area contributed by atoms with Gasteiger partial charge in [-0.1, -0.05) is 24.3 Å². The summed E-state index contributed by atoms with van der Waals surface area (Å²) in [6, 6.07) is 0. The predicted molar refractivity (Wildman–Crippen MR) is 36.4 cm³/mol. The van der Waals surface area contributed by atoms with E-state index in [0.29, 0.717) is 0 Å². The van der Waals surface area contributed by atoms with Gasteiger partial charge in [-0.2, -0.15) is 0 Å². The molecule has 0 aromatic carbocycles. The largest absolute Gasteiger partial charge is 0.0882 e. The van der Waals surface area contributed by atoms with Crippen molar-refractivity contribution in [2.75, 3.05) is 0 Å². The summed E-state index contributed by atoms with van der Waals surface area (Å²) in [5.41, 5.74) is 0. The molecule has 43 valence electrons. The molecular weight excluding hydrogens is 96.1 g/mol. The molecule has 0 fully saturated rings. The van der Waals surface area contributed by atoms with Gasteiger partial charge in [-0.3, -0.25) is 0 Å². The second-order valence-corrected chi connectivity index (χ2v) is 1.95. The van der Waals surface area contributed by atoms with Crippen molar-refractivity contribution in [3.05, 3.63) is 30.7 Å². The van der Waals surface area contributed by atoms with Crippen LogP contribution in [-0.2, 0) is 0 Å². The van der Waals surface area contributed by atoms with Crippen LogP contribution in [0.4, 0.5) is 0 Å². The topological polar surface area (TPSA) is 0 Å². The van der Waals surface area contributed by atoms with E-state index >= 15 is 0 Å². The van der Waals surface area contributed by atoms with Crippen LogP contribution >= 0.6 is 0 Å². The lowest BCUT2D eigenvalue weighted by molar-refractivity contribution is 1.02. The van der Waals surface area contributed by atoms with Gasteiger partial charge in [0.2, 0.25) is 0 Å². The molecule has 0 spiro atoms. The summed E-state index contributed by atoms with van der Waals surface area (Å²) >= 11 is 0. The van der Waals surface area contributed by atoms with Crippen molar-refractivity contribution in [3.63, 3.8) is 0 Å². The van der Waals surface area contributed by atoms with E-state index in [9.17, 15) is 0 Å². The second kappa shape index (κ2) is 3.48. The van der Waals surface area contributed by atoms with E-state index < -0.39 is 0 Å². The van der Waals surface area contributed by atoms with E-state index in [1.54, 1.807) is 0 Å². The Bertz CT molecular complexity index is 72.6. The van der Waals surface area contributed by atoms with Crippen LogP contribution in [0.5, 0.6) is 0 Å². The van der Waals surface area contributed by atoms with Gasteiger partial charge in [-0.25, -0.2) is 0 Å². The molecule has 8 heavy (non-hydrogen) atoms. The van der Waals surface area contributed by atoms with Gasteiger partial charge in [-0.05, 0) is 25.7 Å². The van der Waals surface area contributed by atoms with Gasteiger partial charge in [0.15, 0.2) is 0 Å². The van der Waals surface area contributed by atoms with Crippen LogP contribution in [0.2, 0.25) is 0 Å². The van der Waals surface area contributed by atoms with E-state index in [4.69, 9.17) is 0 Å². The molecule has 0 N–H and O–H groups in total. The van der Waals surface area contributed by atoms with Crippen molar-refractivity contribution >= 4 is 0 Å². The van der Waals surface area contributed by atoms with Crippen LogP contribution < -0.4 is 0 Å². The van der Waals surface area contributed by atoms with Gasteiger partial charge in [0.05, 0.1) is 0 Å². The van der Waals surface area contributed by atoms with Gasteiger partial charge in [-0.15, -0.1) is 0 Å². The monoisotopic (exact) mass is 107 g/mol. The molecule has 0 bridgehead atoms. The summed E-state index contributed by atoms with van der Waals surface area (Å²) in [6.45, 7) is 0. The maximum atomic E-state index is 2.24. The molecule has 0 aromatic rings. The lowest BCUT2D eigenvalue weighted by Crippen LogP contribution is -1.72.